The molecule has 0 aromatic heterocycles. The van der Waals surface area contributed by atoms with Crippen LogP contribution in [0.1, 0.15) is 52.4 Å². The molecule has 0 radical (unpaired) electrons. The molecule has 36 heavy (non-hydrogen) atoms. The molecule has 0 unspecified atom stereocenters. The molecular formula is C26H38F3N3O4. The largest absolute Gasteiger partial charge is 0.573 e. The molecule has 10 heteroatoms. The summed E-state index contributed by atoms with van der Waals surface area (Å²) >= 11 is 0. The number of nitrogens with zero attached hydrogens (tertiary/aromatic N) is 1. The van der Waals surface area contributed by atoms with E-state index in [1.54, 1.807) is 4.90 Å². The molecular weight excluding hydrogens is 475 g/mol. The van der Waals surface area contributed by atoms with Gasteiger partial charge in [-0.25, -0.2) is 0 Å². The van der Waals surface area contributed by atoms with Crippen LogP contribution in [0.15, 0.2) is 24.3 Å². The second-order valence-corrected chi connectivity index (χ2v) is 10.0. The van der Waals surface area contributed by atoms with E-state index in [1.807, 2.05) is 13.8 Å². The molecule has 0 spiro atoms. The predicted octanol–water partition coefficient (Wildman–Crippen LogP) is 4.58. The molecule has 1 saturated heterocycles. The van der Waals surface area contributed by atoms with E-state index >= 15 is 0 Å². The van der Waals surface area contributed by atoms with Crippen LogP contribution < -0.4 is 15.4 Å². The van der Waals surface area contributed by atoms with E-state index in [-0.39, 0.29) is 47.8 Å². The molecule has 2 amide bonds. The van der Waals surface area contributed by atoms with Gasteiger partial charge in [0.1, 0.15) is 5.75 Å². The van der Waals surface area contributed by atoms with Crippen molar-refractivity contribution in [3.8, 4) is 5.75 Å². The van der Waals surface area contributed by atoms with Crippen molar-refractivity contribution in [2.75, 3.05) is 38.2 Å². The lowest BCUT2D eigenvalue weighted by atomic mass is 9.77. The summed E-state index contributed by atoms with van der Waals surface area (Å²) in [5, 5.41) is 6.36. The van der Waals surface area contributed by atoms with Crippen LogP contribution in [0.5, 0.6) is 5.75 Å². The first-order valence-corrected chi connectivity index (χ1v) is 12.9. The van der Waals surface area contributed by atoms with Crippen LogP contribution in [-0.2, 0) is 14.3 Å². The van der Waals surface area contributed by atoms with E-state index in [2.05, 4.69) is 15.4 Å². The number of hydrogen-bond donors (Lipinski definition) is 2. The molecule has 1 aromatic carbocycles. The molecule has 1 heterocycles. The fourth-order valence-electron chi connectivity index (χ4n) is 4.89. The fourth-order valence-corrected chi connectivity index (χ4v) is 4.89. The van der Waals surface area contributed by atoms with Crippen molar-refractivity contribution in [2.45, 2.75) is 64.8 Å². The number of morpholine rings is 1. The summed E-state index contributed by atoms with van der Waals surface area (Å²) in [4.78, 5) is 28.3. The highest BCUT2D eigenvalue weighted by molar-refractivity contribution is 5.86. The zero-order valence-electron chi connectivity index (χ0n) is 21.1. The number of rotatable bonds is 10. The van der Waals surface area contributed by atoms with Gasteiger partial charge in [-0.2, -0.15) is 0 Å². The quantitative estimate of drug-likeness (QED) is 0.479. The molecule has 0 bridgehead atoms. The van der Waals surface area contributed by atoms with Gasteiger partial charge >= 0.3 is 6.36 Å². The smallest absolute Gasteiger partial charge is 0.406 e. The Kier molecular flexibility index (Phi) is 10.3. The number of carbonyl (C=O) groups excluding carboxylic acids is 2. The van der Waals surface area contributed by atoms with Gasteiger partial charge in [0.25, 0.3) is 0 Å². The monoisotopic (exact) mass is 513 g/mol. The minimum Gasteiger partial charge on any atom is -0.406 e. The van der Waals surface area contributed by atoms with Crippen molar-refractivity contribution >= 4 is 17.5 Å². The Bertz CT molecular complexity index is 836. The minimum absolute atomic E-state index is 0.00408. The third-order valence-electron chi connectivity index (χ3n) is 7.06. The number of carbonyl (C=O) groups is 2. The van der Waals surface area contributed by atoms with Crippen molar-refractivity contribution in [1.29, 1.82) is 0 Å². The van der Waals surface area contributed by atoms with Crippen molar-refractivity contribution < 1.29 is 32.2 Å². The van der Waals surface area contributed by atoms with Crippen LogP contribution >= 0.6 is 0 Å². The minimum atomic E-state index is -4.74. The highest BCUT2D eigenvalue weighted by atomic mass is 19.4. The average Bonchev–Trinajstić information content (AvgIpc) is 2.85. The maximum absolute atomic E-state index is 13.5. The normalized spacial score (nSPS) is 19.0. The van der Waals surface area contributed by atoms with E-state index in [0.29, 0.717) is 38.5 Å². The Morgan fingerprint density at radius 2 is 1.72 bits per heavy atom. The molecule has 3 rings (SSSR count). The number of amides is 2. The average molecular weight is 514 g/mol. The molecule has 1 aliphatic carbocycles. The summed E-state index contributed by atoms with van der Waals surface area (Å²) in [6.45, 7) is 6.57. The van der Waals surface area contributed by atoms with Crippen molar-refractivity contribution in [3.63, 3.8) is 0 Å². The van der Waals surface area contributed by atoms with Gasteiger partial charge < -0.3 is 25.0 Å². The zero-order chi connectivity index (χ0) is 26.1. The summed E-state index contributed by atoms with van der Waals surface area (Å²) in [6, 6.07) is 5.29. The molecule has 2 aliphatic rings. The van der Waals surface area contributed by atoms with Crippen molar-refractivity contribution in [2.24, 2.45) is 17.8 Å². The molecule has 2 fully saturated rings. The van der Waals surface area contributed by atoms with Crippen LogP contribution in [0.2, 0.25) is 0 Å². The summed E-state index contributed by atoms with van der Waals surface area (Å²) in [5.41, 5.74) is 0.621. The number of benzene rings is 1. The second kappa shape index (κ2) is 13.2. The lowest BCUT2D eigenvalue weighted by molar-refractivity contribution is -0.274. The van der Waals surface area contributed by atoms with Crippen molar-refractivity contribution in [1.82, 2.24) is 10.2 Å². The van der Waals surface area contributed by atoms with Gasteiger partial charge in [0.15, 0.2) is 0 Å². The first-order chi connectivity index (χ1) is 17.1. The van der Waals surface area contributed by atoms with Gasteiger partial charge in [-0.1, -0.05) is 33.1 Å². The van der Waals surface area contributed by atoms with E-state index in [1.165, 1.54) is 24.3 Å². The van der Waals surface area contributed by atoms with Gasteiger partial charge in [-0.05, 0) is 48.9 Å². The first kappa shape index (κ1) is 28.1. The predicted molar refractivity (Wildman–Crippen MR) is 130 cm³/mol. The number of halogens is 3. The summed E-state index contributed by atoms with van der Waals surface area (Å²) < 4.78 is 46.4. The van der Waals surface area contributed by atoms with E-state index in [4.69, 9.17) is 4.74 Å². The number of alkyl halides is 3. The van der Waals surface area contributed by atoms with Crippen LogP contribution in [0, 0.1) is 17.8 Å². The van der Waals surface area contributed by atoms with Crippen LogP contribution in [0.3, 0.4) is 0 Å². The molecule has 202 valence electrons. The molecule has 2 atom stereocenters. The van der Waals surface area contributed by atoms with Crippen LogP contribution in [-0.4, -0.2) is 62.0 Å². The fraction of sp³-hybridized carbons (Fsp3) is 0.692. The van der Waals surface area contributed by atoms with Gasteiger partial charge in [0.2, 0.25) is 11.8 Å². The van der Waals surface area contributed by atoms with Gasteiger partial charge in [0, 0.05) is 43.7 Å². The number of nitrogens with one attached hydrogen (secondary N) is 2. The lowest BCUT2D eigenvalue weighted by Gasteiger charge is -2.34. The Morgan fingerprint density at radius 3 is 2.31 bits per heavy atom. The summed E-state index contributed by atoms with van der Waals surface area (Å²) in [7, 11) is 0. The molecule has 7 nitrogen and oxygen atoms in total. The third kappa shape index (κ3) is 8.87. The molecule has 1 saturated carbocycles. The van der Waals surface area contributed by atoms with E-state index in [9.17, 15) is 22.8 Å². The highest BCUT2D eigenvalue weighted by Gasteiger charge is 2.34. The van der Waals surface area contributed by atoms with Crippen LogP contribution in [0.4, 0.5) is 18.9 Å². The Morgan fingerprint density at radius 1 is 1.08 bits per heavy atom. The molecule has 1 aromatic rings. The van der Waals surface area contributed by atoms with Crippen LogP contribution in [0.25, 0.3) is 0 Å². The number of anilines is 1. The maximum Gasteiger partial charge on any atom is 0.573 e. The van der Waals surface area contributed by atoms with Crippen molar-refractivity contribution in [3.05, 3.63) is 24.3 Å². The zero-order valence-corrected chi connectivity index (χ0v) is 21.1. The Balaban J connectivity index is 1.61. The summed E-state index contributed by atoms with van der Waals surface area (Å²) in [6.07, 6.45) is 0.673. The molecule has 1 aliphatic heterocycles. The Labute approximate surface area is 211 Å². The van der Waals surface area contributed by atoms with E-state index < -0.39 is 6.36 Å². The Hall–Kier alpha value is -2.49. The topological polar surface area (TPSA) is 79.9 Å². The van der Waals surface area contributed by atoms with Gasteiger partial charge in [-0.15, -0.1) is 13.2 Å². The second-order valence-electron chi connectivity index (χ2n) is 10.0. The van der Waals surface area contributed by atoms with Gasteiger partial charge in [0.05, 0.1) is 13.2 Å². The highest BCUT2D eigenvalue weighted by Crippen LogP contribution is 2.33. The molecule has 2 N–H and O–H groups in total. The number of ether oxygens (including phenoxy) is 2. The SMILES string of the molecule is CC(C)[C@@H](CNc1ccc(OC(F)(F)F)cc1)NC(=O)[C@@H](CC(=O)N1CCOCC1)C1CCCCC1. The lowest BCUT2D eigenvalue weighted by Crippen LogP contribution is -2.49. The van der Waals surface area contributed by atoms with E-state index in [0.717, 1.165) is 32.1 Å². The van der Waals surface area contributed by atoms with Gasteiger partial charge in [-0.3, -0.25) is 9.59 Å². The summed E-state index contributed by atoms with van der Waals surface area (Å²) in [5.74, 6) is -0.466. The first-order valence-electron chi connectivity index (χ1n) is 12.9. The number of hydrogen-bond acceptors (Lipinski definition) is 5. The maximum atomic E-state index is 13.5. The standard InChI is InChI=1S/C26H38F3N3O4/c1-18(2)23(17-30-20-8-10-21(11-9-20)36-26(27,28)29)31-25(34)22(19-6-4-3-5-7-19)16-24(33)32-12-14-35-15-13-32/h8-11,18-19,22-23,30H,3-7,12-17H2,1-2H3,(H,31,34)/t22-,23+/m0/s1. The third-order valence-corrected chi connectivity index (χ3v) is 7.06.